The first kappa shape index (κ1) is 26.7. The van der Waals surface area contributed by atoms with Gasteiger partial charge in [0.25, 0.3) is 0 Å². The van der Waals surface area contributed by atoms with Crippen molar-refractivity contribution in [2.75, 3.05) is 18.4 Å². The molecule has 0 aliphatic heterocycles. The molecule has 0 aliphatic carbocycles. The lowest BCUT2D eigenvalue weighted by Gasteiger charge is -2.24. The highest BCUT2D eigenvalue weighted by molar-refractivity contribution is 9.11. The average molecular weight is 636 g/mol. The van der Waals surface area contributed by atoms with Crippen LogP contribution in [0, 0.1) is 5.92 Å². The number of fused-ring (bicyclic) bond motifs is 2. The van der Waals surface area contributed by atoms with E-state index in [1.807, 2.05) is 24.3 Å². The second-order valence-electron chi connectivity index (χ2n) is 9.86. The largest absolute Gasteiger partial charge is 0.371 e. The molecule has 0 radical (unpaired) electrons. The number of pyridine rings is 1. The van der Waals surface area contributed by atoms with Crippen LogP contribution in [0.1, 0.15) is 36.9 Å². The molecule has 0 saturated heterocycles. The fourth-order valence-corrected chi connectivity index (χ4v) is 6.57. The molecule has 4 N–H and O–H groups in total. The summed E-state index contributed by atoms with van der Waals surface area (Å²) in [5.74, 6) is 1.17. The van der Waals surface area contributed by atoms with Crippen LogP contribution < -0.4 is 16.1 Å². The second kappa shape index (κ2) is 12.3. The monoisotopic (exact) mass is 634 g/mol. The van der Waals surface area contributed by atoms with Crippen LogP contribution in [0.5, 0.6) is 0 Å². The highest BCUT2D eigenvalue weighted by Crippen LogP contribution is 2.29. The third-order valence-corrected chi connectivity index (χ3v) is 7.94. The molecule has 2 atom stereocenters. The summed E-state index contributed by atoms with van der Waals surface area (Å²) in [5.41, 5.74) is 4.57. The maximum absolute atomic E-state index is 12.6. The van der Waals surface area contributed by atoms with Crippen LogP contribution in [0.15, 0.2) is 92.7 Å². The first-order valence-electron chi connectivity index (χ1n) is 13.1. The van der Waals surface area contributed by atoms with Gasteiger partial charge in [0.1, 0.15) is 5.82 Å². The van der Waals surface area contributed by atoms with Gasteiger partial charge in [-0.1, -0.05) is 75.5 Å². The zero-order valence-corrected chi connectivity index (χ0v) is 24.5. The molecule has 5 aromatic rings. The summed E-state index contributed by atoms with van der Waals surface area (Å²) < 4.78 is 2.13. The van der Waals surface area contributed by atoms with Crippen LogP contribution in [-0.4, -0.2) is 23.1 Å². The summed E-state index contributed by atoms with van der Waals surface area (Å²) in [6.45, 7) is 3.86. The van der Waals surface area contributed by atoms with Gasteiger partial charge in [-0.05, 0) is 66.3 Å². The molecule has 2 unspecified atom stereocenters. The van der Waals surface area contributed by atoms with Gasteiger partial charge in [0.2, 0.25) is 0 Å². The van der Waals surface area contributed by atoms with Crippen molar-refractivity contribution in [1.82, 2.24) is 15.3 Å². The molecule has 0 spiro atoms. The minimum Gasteiger partial charge on any atom is -0.371 e. The lowest BCUT2D eigenvalue weighted by atomic mass is 9.96. The number of aromatic amines is 2. The first-order valence-corrected chi connectivity index (χ1v) is 14.7. The van der Waals surface area contributed by atoms with Crippen LogP contribution in [0.25, 0.3) is 21.8 Å². The van der Waals surface area contributed by atoms with E-state index in [1.165, 1.54) is 16.5 Å². The number of anilines is 1. The topological polar surface area (TPSA) is 72.7 Å². The number of benzene rings is 3. The molecule has 2 aromatic heterocycles. The Morgan fingerprint density at radius 1 is 0.868 bits per heavy atom. The number of aromatic nitrogens is 2. The van der Waals surface area contributed by atoms with Gasteiger partial charge in [-0.3, -0.25) is 4.79 Å². The normalized spacial score (nSPS) is 13.1. The Hall–Kier alpha value is -2.87. The molecule has 5 nitrogen and oxygen atoms in total. The molecular weight excluding hydrogens is 604 g/mol. The maximum atomic E-state index is 12.6. The second-order valence-corrected chi connectivity index (χ2v) is 11.7. The fraction of sp³-hybridized carbons (Fsp3) is 0.258. The first-order chi connectivity index (χ1) is 18.5. The zero-order chi connectivity index (χ0) is 26.5. The predicted molar refractivity (Wildman–Crippen MR) is 166 cm³/mol. The molecule has 0 bridgehead atoms. The Morgan fingerprint density at radius 3 is 2.34 bits per heavy atom. The third kappa shape index (κ3) is 6.40. The van der Waals surface area contributed by atoms with E-state index in [4.69, 9.17) is 0 Å². The summed E-state index contributed by atoms with van der Waals surface area (Å²) in [6.07, 6.45) is 5.19. The molecule has 196 valence electrons. The highest BCUT2D eigenvalue weighted by Gasteiger charge is 2.19. The van der Waals surface area contributed by atoms with Crippen molar-refractivity contribution in [2.24, 2.45) is 5.92 Å². The molecule has 7 heteroatoms. The number of halogens is 2. The van der Waals surface area contributed by atoms with Gasteiger partial charge >= 0.3 is 0 Å². The van der Waals surface area contributed by atoms with Crippen molar-refractivity contribution in [3.8, 4) is 0 Å². The Kier molecular flexibility index (Phi) is 8.67. The van der Waals surface area contributed by atoms with Gasteiger partial charge in [0.15, 0.2) is 5.43 Å². The van der Waals surface area contributed by atoms with E-state index in [0.717, 1.165) is 58.1 Å². The smallest absolute Gasteiger partial charge is 0.191 e. The van der Waals surface area contributed by atoms with Crippen molar-refractivity contribution in [1.29, 1.82) is 0 Å². The molecule has 0 aliphatic rings. The molecule has 0 fully saturated rings. The Labute approximate surface area is 239 Å². The SMILES string of the molecule is CCCC(CNc1cc(=O)c2ccccc2[nH]1)CNC(Cc1cc(Br)cc(Br)c1)c1c[nH]c2ccccc12. The Morgan fingerprint density at radius 2 is 1.58 bits per heavy atom. The van der Waals surface area contributed by atoms with Crippen molar-refractivity contribution in [2.45, 2.75) is 32.2 Å². The molecule has 2 heterocycles. The number of nitrogens with one attached hydrogen (secondary N) is 4. The van der Waals surface area contributed by atoms with Crippen LogP contribution in [-0.2, 0) is 6.42 Å². The number of para-hydroxylation sites is 2. The number of H-pyrrole nitrogens is 2. The standard InChI is InChI=1S/C31H32Br2N4O/c1-2-7-20(18-36-31-16-30(38)25-9-4-6-11-28(25)37-31)17-34-29(14-21-12-22(32)15-23(33)13-21)26-19-35-27-10-5-3-8-24(26)27/h3-6,8-13,15-16,19-20,29,34-35H,2,7,14,17-18H2,1H3,(H2,36,37,38). The zero-order valence-electron chi connectivity index (χ0n) is 21.4. The number of rotatable bonds is 11. The summed E-state index contributed by atoms with van der Waals surface area (Å²) in [4.78, 5) is 19.4. The molecule has 3 aromatic carbocycles. The minimum atomic E-state index is 0.0339. The minimum absolute atomic E-state index is 0.0339. The summed E-state index contributed by atoms with van der Waals surface area (Å²) >= 11 is 7.29. The van der Waals surface area contributed by atoms with E-state index in [1.54, 1.807) is 6.07 Å². The van der Waals surface area contributed by atoms with E-state index in [0.29, 0.717) is 11.3 Å². The lowest BCUT2D eigenvalue weighted by Crippen LogP contribution is -2.32. The van der Waals surface area contributed by atoms with Crippen molar-refractivity contribution >= 4 is 59.5 Å². The maximum Gasteiger partial charge on any atom is 0.191 e. The number of hydrogen-bond acceptors (Lipinski definition) is 3. The third-order valence-electron chi connectivity index (χ3n) is 7.03. The van der Waals surface area contributed by atoms with E-state index in [9.17, 15) is 4.79 Å². The van der Waals surface area contributed by atoms with Gasteiger partial charge in [-0.25, -0.2) is 0 Å². The van der Waals surface area contributed by atoms with Gasteiger partial charge in [-0.2, -0.15) is 0 Å². The predicted octanol–water partition coefficient (Wildman–Crippen LogP) is 7.94. The number of hydrogen-bond donors (Lipinski definition) is 4. The van der Waals surface area contributed by atoms with Crippen molar-refractivity contribution in [3.63, 3.8) is 0 Å². The molecule has 5 rings (SSSR count). The molecule has 38 heavy (non-hydrogen) atoms. The van der Waals surface area contributed by atoms with Crippen LogP contribution in [0.3, 0.4) is 0 Å². The van der Waals surface area contributed by atoms with Crippen LogP contribution >= 0.6 is 31.9 Å². The summed E-state index contributed by atoms with van der Waals surface area (Å²) in [6, 6.07) is 24.4. The van der Waals surface area contributed by atoms with Crippen LogP contribution in [0.4, 0.5) is 5.82 Å². The molecule has 0 saturated carbocycles. The van der Waals surface area contributed by atoms with E-state index in [2.05, 4.69) is 108 Å². The van der Waals surface area contributed by atoms with Gasteiger partial charge < -0.3 is 20.6 Å². The molecule has 0 amide bonds. The van der Waals surface area contributed by atoms with Crippen molar-refractivity contribution < 1.29 is 0 Å². The quantitative estimate of drug-likeness (QED) is 0.119. The van der Waals surface area contributed by atoms with Gasteiger partial charge in [0, 0.05) is 56.6 Å². The fourth-order valence-electron chi connectivity index (χ4n) is 5.18. The van der Waals surface area contributed by atoms with Crippen molar-refractivity contribution in [3.05, 3.63) is 109 Å². The Bertz CT molecular complexity index is 1570. The van der Waals surface area contributed by atoms with Gasteiger partial charge in [-0.15, -0.1) is 0 Å². The summed E-state index contributed by atoms with van der Waals surface area (Å²) in [5, 5.41) is 9.36. The van der Waals surface area contributed by atoms with E-state index in [-0.39, 0.29) is 11.5 Å². The van der Waals surface area contributed by atoms with E-state index >= 15 is 0 Å². The molecular formula is C31H32Br2N4O. The van der Waals surface area contributed by atoms with Crippen LogP contribution in [0.2, 0.25) is 0 Å². The van der Waals surface area contributed by atoms with Gasteiger partial charge in [0.05, 0.1) is 5.52 Å². The summed E-state index contributed by atoms with van der Waals surface area (Å²) in [7, 11) is 0. The highest BCUT2D eigenvalue weighted by atomic mass is 79.9. The average Bonchev–Trinajstić information content (AvgIpc) is 3.33. The Balaban J connectivity index is 1.34. The lowest BCUT2D eigenvalue weighted by molar-refractivity contribution is 0.419. The van der Waals surface area contributed by atoms with E-state index < -0.39 is 0 Å².